The third-order valence-electron chi connectivity index (χ3n) is 5.60. The predicted octanol–water partition coefficient (Wildman–Crippen LogP) is 4.84. The molecule has 0 bridgehead atoms. The Morgan fingerprint density at radius 1 is 0.971 bits per heavy atom. The highest BCUT2D eigenvalue weighted by Crippen LogP contribution is 2.32. The summed E-state index contributed by atoms with van der Waals surface area (Å²) in [7, 11) is 0. The summed E-state index contributed by atoms with van der Waals surface area (Å²) in [4.78, 5) is 12.8. The van der Waals surface area contributed by atoms with Gasteiger partial charge in [-0.1, -0.05) is 48.2 Å². The average molecular weight is 473 g/mol. The van der Waals surface area contributed by atoms with Crippen LogP contribution in [0.2, 0.25) is 0 Å². The van der Waals surface area contributed by atoms with Gasteiger partial charge in [0.2, 0.25) is 6.79 Å². The molecular formula is C26H24N4O3S. The maximum Gasteiger partial charge on any atom is 0.251 e. The number of hydrogen-bond acceptors (Lipinski definition) is 6. The predicted molar refractivity (Wildman–Crippen MR) is 131 cm³/mol. The van der Waals surface area contributed by atoms with E-state index in [1.54, 1.807) is 11.8 Å². The molecule has 0 saturated heterocycles. The topological polar surface area (TPSA) is 78.3 Å². The van der Waals surface area contributed by atoms with Crippen molar-refractivity contribution in [1.29, 1.82) is 0 Å². The highest BCUT2D eigenvalue weighted by molar-refractivity contribution is 7.98. The van der Waals surface area contributed by atoms with Crippen molar-refractivity contribution < 1.29 is 14.3 Å². The van der Waals surface area contributed by atoms with Crippen LogP contribution in [0.25, 0.3) is 5.69 Å². The molecule has 0 aliphatic carbocycles. The Balaban J connectivity index is 1.25. The molecule has 1 amide bonds. The van der Waals surface area contributed by atoms with Crippen molar-refractivity contribution in [2.45, 2.75) is 31.3 Å². The number of fused-ring (bicyclic) bond motifs is 1. The van der Waals surface area contributed by atoms with E-state index in [-0.39, 0.29) is 12.7 Å². The number of carbonyl (C=O) groups is 1. The van der Waals surface area contributed by atoms with Crippen LogP contribution >= 0.6 is 11.8 Å². The molecule has 1 N–H and O–H groups in total. The molecule has 0 spiro atoms. The zero-order chi connectivity index (χ0) is 23.5. The largest absolute Gasteiger partial charge is 0.454 e. The van der Waals surface area contributed by atoms with Crippen molar-refractivity contribution >= 4 is 17.7 Å². The lowest BCUT2D eigenvalue weighted by Gasteiger charge is -2.11. The number of ether oxygens (including phenoxy) is 2. The molecule has 0 saturated carbocycles. The smallest absolute Gasteiger partial charge is 0.251 e. The summed E-state index contributed by atoms with van der Waals surface area (Å²) < 4.78 is 12.8. The summed E-state index contributed by atoms with van der Waals surface area (Å²) in [6, 6.07) is 21.5. The van der Waals surface area contributed by atoms with E-state index in [2.05, 4.69) is 39.1 Å². The molecule has 172 valence electrons. The van der Waals surface area contributed by atoms with Crippen LogP contribution < -0.4 is 14.8 Å². The Labute approximate surface area is 202 Å². The molecule has 34 heavy (non-hydrogen) atoms. The van der Waals surface area contributed by atoms with E-state index in [1.165, 1.54) is 0 Å². The number of carbonyl (C=O) groups excluding carboxylic acids is 1. The number of rotatable bonds is 7. The van der Waals surface area contributed by atoms with Crippen LogP contribution in [-0.4, -0.2) is 27.5 Å². The molecule has 7 nitrogen and oxygen atoms in total. The minimum atomic E-state index is -0.122. The number of aromatic nitrogens is 3. The quantitative estimate of drug-likeness (QED) is 0.388. The first-order valence-corrected chi connectivity index (χ1v) is 11.9. The Bertz CT molecular complexity index is 1350. The van der Waals surface area contributed by atoms with Crippen LogP contribution in [0.4, 0.5) is 0 Å². The molecule has 1 aromatic heterocycles. The van der Waals surface area contributed by atoms with Crippen molar-refractivity contribution in [2.24, 2.45) is 0 Å². The molecule has 0 atom stereocenters. The van der Waals surface area contributed by atoms with Gasteiger partial charge in [0, 0.05) is 17.9 Å². The summed E-state index contributed by atoms with van der Waals surface area (Å²) in [6.45, 7) is 4.67. The molecule has 3 aromatic carbocycles. The van der Waals surface area contributed by atoms with Gasteiger partial charge < -0.3 is 14.8 Å². The number of nitrogens with zero attached hydrogens (tertiary/aromatic N) is 3. The fraction of sp³-hybridized carbons (Fsp3) is 0.192. The van der Waals surface area contributed by atoms with Crippen LogP contribution in [0.15, 0.2) is 71.9 Å². The summed E-state index contributed by atoms with van der Waals surface area (Å²) >= 11 is 1.60. The molecule has 5 rings (SSSR count). The molecule has 8 heteroatoms. The van der Waals surface area contributed by atoms with E-state index >= 15 is 0 Å². The van der Waals surface area contributed by atoms with Gasteiger partial charge in [-0.05, 0) is 60.9 Å². The van der Waals surface area contributed by atoms with E-state index < -0.39 is 0 Å². The third-order valence-corrected chi connectivity index (χ3v) is 6.60. The highest BCUT2D eigenvalue weighted by Gasteiger charge is 2.15. The standard InChI is InChI=1S/C26H24N4O3S/c1-17-6-3-4-9-22(17)30-18(2)28-29-26(30)34-15-20-7-5-8-21(12-20)25(31)27-14-19-10-11-23-24(13-19)33-16-32-23/h3-13H,14-16H2,1-2H3,(H,27,31). The van der Waals surface area contributed by atoms with Crippen LogP contribution in [0, 0.1) is 13.8 Å². The molecular weight excluding hydrogens is 448 g/mol. The van der Waals surface area contributed by atoms with E-state index in [1.807, 2.05) is 61.5 Å². The fourth-order valence-electron chi connectivity index (χ4n) is 3.81. The monoisotopic (exact) mass is 472 g/mol. The van der Waals surface area contributed by atoms with Gasteiger partial charge in [0.1, 0.15) is 5.82 Å². The van der Waals surface area contributed by atoms with Gasteiger partial charge in [-0.2, -0.15) is 0 Å². The molecule has 0 fully saturated rings. The Kier molecular flexibility index (Phi) is 6.22. The van der Waals surface area contributed by atoms with Gasteiger partial charge in [0.15, 0.2) is 16.7 Å². The summed E-state index contributed by atoms with van der Waals surface area (Å²) in [5.74, 6) is 2.83. The fourth-order valence-corrected chi connectivity index (χ4v) is 4.75. The normalized spacial score (nSPS) is 12.1. The number of thioether (sulfide) groups is 1. The second-order valence-corrected chi connectivity index (χ2v) is 8.95. The molecule has 1 aliphatic rings. The third kappa shape index (κ3) is 4.63. The zero-order valence-electron chi connectivity index (χ0n) is 18.9. The van der Waals surface area contributed by atoms with Crippen LogP contribution in [0.1, 0.15) is 32.9 Å². The lowest BCUT2D eigenvalue weighted by Crippen LogP contribution is -2.22. The van der Waals surface area contributed by atoms with E-state index in [0.29, 0.717) is 23.6 Å². The molecule has 4 aromatic rings. The number of amides is 1. The number of para-hydroxylation sites is 1. The van der Waals surface area contributed by atoms with Crippen molar-refractivity contribution in [3.8, 4) is 17.2 Å². The summed E-state index contributed by atoms with van der Waals surface area (Å²) in [5, 5.41) is 12.5. The van der Waals surface area contributed by atoms with Gasteiger partial charge in [-0.25, -0.2) is 0 Å². The van der Waals surface area contributed by atoms with Gasteiger partial charge in [-0.3, -0.25) is 9.36 Å². The number of aryl methyl sites for hydroxylation is 2. The van der Waals surface area contributed by atoms with E-state index in [9.17, 15) is 4.79 Å². The number of benzene rings is 3. The minimum Gasteiger partial charge on any atom is -0.454 e. The van der Waals surface area contributed by atoms with Gasteiger partial charge in [-0.15, -0.1) is 10.2 Å². The second-order valence-electron chi connectivity index (χ2n) is 8.01. The van der Waals surface area contributed by atoms with Crippen molar-refractivity contribution in [3.63, 3.8) is 0 Å². The van der Waals surface area contributed by atoms with Crippen molar-refractivity contribution in [1.82, 2.24) is 20.1 Å². The first kappa shape index (κ1) is 22.0. The minimum absolute atomic E-state index is 0.122. The van der Waals surface area contributed by atoms with Crippen molar-refractivity contribution in [2.75, 3.05) is 6.79 Å². The lowest BCUT2D eigenvalue weighted by molar-refractivity contribution is 0.0950. The van der Waals surface area contributed by atoms with Crippen LogP contribution in [0.5, 0.6) is 11.5 Å². The average Bonchev–Trinajstić information content (AvgIpc) is 3.47. The van der Waals surface area contributed by atoms with E-state index in [4.69, 9.17) is 9.47 Å². The SMILES string of the molecule is Cc1ccccc1-n1c(C)nnc1SCc1cccc(C(=O)NCc2ccc3c(c2)OCO3)c1. The Hall–Kier alpha value is -3.78. The second kappa shape index (κ2) is 9.61. The zero-order valence-corrected chi connectivity index (χ0v) is 19.8. The molecule has 0 radical (unpaired) electrons. The summed E-state index contributed by atoms with van der Waals surface area (Å²) in [6.07, 6.45) is 0. The van der Waals surface area contributed by atoms with Gasteiger partial charge >= 0.3 is 0 Å². The van der Waals surface area contributed by atoms with E-state index in [0.717, 1.165) is 39.1 Å². The molecule has 1 aliphatic heterocycles. The van der Waals surface area contributed by atoms with Gasteiger partial charge in [0.05, 0.1) is 5.69 Å². The molecule has 0 unspecified atom stereocenters. The maximum atomic E-state index is 12.8. The van der Waals surface area contributed by atoms with Crippen LogP contribution in [0.3, 0.4) is 0 Å². The number of hydrogen-bond donors (Lipinski definition) is 1. The lowest BCUT2D eigenvalue weighted by atomic mass is 10.1. The first-order chi connectivity index (χ1) is 16.6. The Morgan fingerprint density at radius 2 is 1.82 bits per heavy atom. The highest BCUT2D eigenvalue weighted by atomic mass is 32.2. The van der Waals surface area contributed by atoms with Crippen molar-refractivity contribution in [3.05, 3.63) is 94.8 Å². The summed E-state index contributed by atoms with van der Waals surface area (Å²) in [5.41, 5.74) is 4.85. The van der Waals surface area contributed by atoms with Crippen LogP contribution in [-0.2, 0) is 12.3 Å². The van der Waals surface area contributed by atoms with Gasteiger partial charge in [0.25, 0.3) is 5.91 Å². The first-order valence-electron chi connectivity index (χ1n) is 10.9. The number of nitrogens with one attached hydrogen (secondary N) is 1. The maximum absolute atomic E-state index is 12.8. The Morgan fingerprint density at radius 3 is 2.71 bits per heavy atom. The molecule has 2 heterocycles.